The Labute approximate surface area is 144 Å². The Kier molecular flexibility index (Phi) is 4.53. The molecule has 118 valence electrons. The number of benzene rings is 2. The molecule has 1 N–H and O–H groups in total. The summed E-state index contributed by atoms with van der Waals surface area (Å²) in [5.74, 6) is 1.75. The molecule has 0 spiro atoms. The molecular weight excluding hydrogens is 352 g/mol. The zero-order valence-electron chi connectivity index (χ0n) is 13.4. The number of nitrogens with one attached hydrogen (secondary N) is 1. The second-order valence-electron chi connectivity index (χ2n) is 5.70. The lowest BCUT2D eigenvalue weighted by Crippen LogP contribution is -2.12. The number of pyridine rings is 1. The summed E-state index contributed by atoms with van der Waals surface area (Å²) in [7, 11) is 1.67. The Balaban J connectivity index is 2.21. The maximum Gasteiger partial charge on any atom is 0.134 e. The van der Waals surface area contributed by atoms with Gasteiger partial charge in [0, 0.05) is 22.4 Å². The van der Waals surface area contributed by atoms with Crippen LogP contribution < -0.4 is 10.1 Å². The molecule has 0 radical (unpaired) electrons. The highest BCUT2D eigenvalue weighted by atomic mass is 79.9. The standard InChI is InChI=1S/C19H19BrN2O/c1-12(2)21-19-16-7-5-4-6-15(16)17(20)18(22-19)13-8-10-14(23-3)11-9-13/h4-12H,1-3H3,(H,21,22). The summed E-state index contributed by atoms with van der Waals surface area (Å²) in [6, 6.07) is 16.6. The molecule has 0 fully saturated rings. The van der Waals surface area contributed by atoms with E-state index >= 15 is 0 Å². The van der Waals surface area contributed by atoms with E-state index < -0.39 is 0 Å². The molecule has 0 unspecified atom stereocenters. The van der Waals surface area contributed by atoms with Gasteiger partial charge in [0.25, 0.3) is 0 Å². The lowest BCUT2D eigenvalue weighted by Gasteiger charge is -2.16. The van der Waals surface area contributed by atoms with Crippen LogP contribution in [-0.2, 0) is 0 Å². The minimum absolute atomic E-state index is 0.316. The number of hydrogen-bond donors (Lipinski definition) is 1. The molecule has 3 aromatic rings. The van der Waals surface area contributed by atoms with Crippen LogP contribution in [-0.4, -0.2) is 18.1 Å². The van der Waals surface area contributed by atoms with Crippen LogP contribution in [0.5, 0.6) is 5.75 Å². The van der Waals surface area contributed by atoms with Crippen molar-refractivity contribution >= 4 is 32.5 Å². The van der Waals surface area contributed by atoms with E-state index in [4.69, 9.17) is 9.72 Å². The van der Waals surface area contributed by atoms with E-state index in [1.807, 2.05) is 36.4 Å². The molecule has 0 aliphatic rings. The largest absolute Gasteiger partial charge is 0.497 e. The number of halogens is 1. The molecule has 0 amide bonds. The first-order valence-electron chi connectivity index (χ1n) is 7.59. The molecule has 23 heavy (non-hydrogen) atoms. The number of aromatic nitrogens is 1. The summed E-state index contributed by atoms with van der Waals surface area (Å²) in [5.41, 5.74) is 1.98. The summed E-state index contributed by atoms with van der Waals surface area (Å²) in [6.07, 6.45) is 0. The van der Waals surface area contributed by atoms with Crippen LogP contribution >= 0.6 is 15.9 Å². The van der Waals surface area contributed by atoms with Gasteiger partial charge in [0.05, 0.1) is 17.3 Å². The van der Waals surface area contributed by atoms with E-state index in [0.717, 1.165) is 38.1 Å². The monoisotopic (exact) mass is 370 g/mol. The predicted molar refractivity (Wildman–Crippen MR) is 100 cm³/mol. The third-order valence-corrected chi connectivity index (χ3v) is 4.44. The zero-order chi connectivity index (χ0) is 16.4. The van der Waals surface area contributed by atoms with Crippen molar-refractivity contribution in [2.45, 2.75) is 19.9 Å². The van der Waals surface area contributed by atoms with E-state index in [0.29, 0.717) is 6.04 Å². The van der Waals surface area contributed by atoms with Crippen LogP contribution in [0.2, 0.25) is 0 Å². The van der Waals surface area contributed by atoms with Gasteiger partial charge in [-0.25, -0.2) is 4.98 Å². The topological polar surface area (TPSA) is 34.1 Å². The summed E-state index contributed by atoms with van der Waals surface area (Å²) in [5, 5.41) is 5.72. The second kappa shape index (κ2) is 6.59. The SMILES string of the molecule is COc1ccc(-c2nc(NC(C)C)c3ccccc3c2Br)cc1. The number of rotatable bonds is 4. The zero-order valence-corrected chi connectivity index (χ0v) is 15.0. The molecule has 3 nitrogen and oxygen atoms in total. The van der Waals surface area contributed by atoms with Gasteiger partial charge in [-0.2, -0.15) is 0 Å². The number of fused-ring (bicyclic) bond motifs is 1. The first kappa shape index (κ1) is 15.8. The Hall–Kier alpha value is -2.07. The summed E-state index contributed by atoms with van der Waals surface area (Å²) in [4.78, 5) is 4.87. The highest BCUT2D eigenvalue weighted by Gasteiger charge is 2.14. The van der Waals surface area contributed by atoms with Crippen molar-refractivity contribution in [3.8, 4) is 17.0 Å². The first-order valence-corrected chi connectivity index (χ1v) is 8.38. The van der Waals surface area contributed by atoms with Crippen LogP contribution in [0.4, 0.5) is 5.82 Å². The average Bonchev–Trinajstić information content (AvgIpc) is 2.57. The lowest BCUT2D eigenvalue weighted by atomic mass is 10.1. The van der Waals surface area contributed by atoms with E-state index in [9.17, 15) is 0 Å². The van der Waals surface area contributed by atoms with Gasteiger partial charge in [-0.05, 0) is 54.0 Å². The average molecular weight is 371 g/mol. The maximum atomic E-state index is 5.24. The third-order valence-electron chi connectivity index (χ3n) is 3.64. The fraction of sp³-hybridized carbons (Fsp3) is 0.211. The molecule has 0 saturated carbocycles. The van der Waals surface area contributed by atoms with Crippen LogP contribution in [0.25, 0.3) is 22.0 Å². The Morgan fingerprint density at radius 1 is 1.00 bits per heavy atom. The Bertz CT molecular complexity index is 829. The molecule has 1 aromatic heterocycles. The molecule has 0 atom stereocenters. The molecule has 0 aliphatic heterocycles. The quantitative estimate of drug-likeness (QED) is 0.658. The van der Waals surface area contributed by atoms with Gasteiger partial charge < -0.3 is 10.1 Å². The van der Waals surface area contributed by atoms with Crippen molar-refractivity contribution in [2.75, 3.05) is 12.4 Å². The van der Waals surface area contributed by atoms with Crippen molar-refractivity contribution in [2.24, 2.45) is 0 Å². The fourth-order valence-electron chi connectivity index (χ4n) is 2.55. The third kappa shape index (κ3) is 3.17. The molecule has 1 heterocycles. The highest BCUT2D eigenvalue weighted by molar-refractivity contribution is 9.10. The molecular formula is C19H19BrN2O. The highest BCUT2D eigenvalue weighted by Crippen LogP contribution is 2.37. The van der Waals surface area contributed by atoms with Crippen LogP contribution in [0.15, 0.2) is 53.0 Å². The summed E-state index contributed by atoms with van der Waals surface area (Å²) < 4.78 is 6.24. The number of ether oxygens (including phenoxy) is 1. The van der Waals surface area contributed by atoms with Gasteiger partial charge in [0.15, 0.2) is 0 Å². The van der Waals surface area contributed by atoms with Crippen LogP contribution in [0.3, 0.4) is 0 Å². The van der Waals surface area contributed by atoms with Gasteiger partial charge in [-0.15, -0.1) is 0 Å². The molecule has 0 aliphatic carbocycles. The summed E-state index contributed by atoms with van der Waals surface area (Å²) in [6.45, 7) is 4.23. The number of hydrogen-bond acceptors (Lipinski definition) is 3. The van der Waals surface area contributed by atoms with Gasteiger partial charge >= 0.3 is 0 Å². The number of methoxy groups -OCH3 is 1. The minimum atomic E-state index is 0.316. The molecule has 0 saturated heterocycles. The molecule has 3 rings (SSSR count). The molecule has 4 heteroatoms. The predicted octanol–water partition coefficient (Wildman–Crippen LogP) is 5.49. The van der Waals surface area contributed by atoms with Crippen molar-refractivity contribution in [3.63, 3.8) is 0 Å². The number of nitrogens with zero attached hydrogens (tertiary/aromatic N) is 1. The van der Waals surface area contributed by atoms with Crippen molar-refractivity contribution in [1.29, 1.82) is 0 Å². The molecule has 0 bridgehead atoms. The first-order chi connectivity index (χ1) is 11.1. The van der Waals surface area contributed by atoms with E-state index in [1.165, 1.54) is 0 Å². The van der Waals surface area contributed by atoms with Gasteiger partial charge in [0.1, 0.15) is 11.6 Å². The Morgan fingerprint density at radius 2 is 1.65 bits per heavy atom. The molecule has 2 aromatic carbocycles. The van der Waals surface area contributed by atoms with E-state index in [1.54, 1.807) is 7.11 Å². The number of anilines is 1. The van der Waals surface area contributed by atoms with Gasteiger partial charge in [-0.1, -0.05) is 24.3 Å². The van der Waals surface area contributed by atoms with Crippen molar-refractivity contribution in [3.05, 3.63) is 53.0 Å². The summed E-state index contributed by atoms with van der Waals surface area (Å²) >= 11 is 3.73. The van der Waals surface area contributed by atoms with E-state index in [2.05, 4.69) is 47.2 Å². The van der Waals surface area contributed by atoms with Gasteiger partial charge in [0.2, 0.25) is 0 Å². The fourth-order valence-corrected chi connectivity index (χ4v) is 3.22. The second-order valence-corrected chi connectivity index (χ2v) is 6.49. The van der Waals surface area contributed by atoms with Crippen molar-refractivity contribution in [1.82, 2.24) is 4.98 Å². The van der Waals surface area contributed by atoms with Crippen LogP contribution in [0, 0.1) is 0 Å². The van der Waals surface area contributed by atoms with Crippen LogP contribution in [0.1, 0.15) is 13.8 Å². The van der Waals surface area contributed by atoms with Gasteiger partial charge in [-0.3, -0.25) is 0 Å². The van der Waals surface area contributed by atoms with Crippen molar-refractivity contribution < 1.29 is 4.74 Å². The maximum absolute atomic E-state index is 5.24. The van der Waals surface area contributed by atoms with E-state index in [-0.39, 0.29) is 0 Å². The smallest absolute Gasteiger partial charge is 0.134 e. The lowest BCUT2D eigenvalue weighted by molar-refractivity contribution is 0.415. The minimum Gasteiger partial charge on any atom is -0.497 e. The Morgan fingerprint density at radius 3 is 2.26 bits per heavy atom. The normalized spacial score (nSPS) is 11.0.